The van der Waals surface area contributed by atoms with Crippen LogP contribution in [0.25, 0.3) is 27.8 Å². The second-order valence-corrected chi connectivity index (χ2v) is 8.74. The van der Waals surface area contributed by atoms with E-state index < -0.39 is 6.04 Å². The van der Waals surface area contributed by atoms with Gasteiger partial charge in [0.2, 0.25) is 5.91 Å². The number of nitrogens with zero attached hydrogens (tertiary/aromatic N) is 3. The summed E-state index contributed by atoms with van der Waals surface area (Å²) in [4.78, 5) is 38.0. The van der Waals surface area contributed by atoms with Gasteiger partial charge in [-0.1, -0.05) is 24.3 Å². The highest BCUT2D eigenvalue weighted by molar-refractivity contribution is 6.06. The highest BCUT2D eigenvalue weighted by Gasteiger charge is 2.17. The number of aromatic amines is 1. The number of amides is 2. The quantitative estimate of drug-likeness (QED) is 0.289. The Labute approximate surface area is 208 Å². The average Bonchev–Trinajstić information content (AvgIpc) is 3.44. The van der Waals surface area contributed by atoms with Crippen LogP contribution in [0.5, 0.6) is 0 Å². The van der Waals surface area contributed by atoms with Crippen molar-refractivity contribution in [2.45, 2.75) is 26.8 Å². The van der Waals surface area contributed by atoms with Crippen LogP contribution >= 0.6 is 0 Å². The zero-order chi connectivity index (χ0) is 25.4. The molecule has 0 aliphatic rings. The molecule has 4 N–H and O–H groups in total. The second-order valence-electron chi connectivity index (χ2n) is 8.74. The topological polar surface area (TPSA) is 116 Å². The molecule has 1 aromatic carbocycles. The molecule has 5 aromatic rings. The summed E-state index contributed by atoms with van der Waals surface area (Å²) in [7, 11) is 1.71. The van der Waals surface area contributed by atoms with Crippen LogP contribution in [-0.4, -0.2) is 44.3 Å². The molecule has 0 fully saturated rings. The highest BCUT2D eigenvalue weighted by Crippen LogP contribution is 2.28. The van der Waals surface area contributed by atoms with E-state index in [-0.39, 0.29) is 11.8 Å². The van der Waals surface area contributed by atoms with Crippen molar-refractivity contribution in [3.63, 3.8) is 0 Å². The van der Waals surface area contributed by atoms with Crippen molar-refractivity contribution in [2.24, 2.45) is 0 Å². The lowest BCUT2D eigenvalue weighted by Gasteiger charge is -2.14. The van der Waals surface area contributed by atoms with E-state index in [4.69, 9.17) is 0 Å². The number of hydrogen-bond donors (Lipinski definition) is 4. The smallest absolute Gasteiger partial charge is 0.273 e. The van der Waals surface area contributed by atoms with E-state index in [1.807, 2.05) is 56.3 Å². The minimum atomic E-state index is -0.415. The molecule has 9 heteroatoms. The second kappa shape index (κ2) is 9.27. The molecule has 5 rings (SSSR count). The van der Waals surface area contributed by atoms with Crippen LogP contribution in [0, 0.1) is 13.8 Å². The number of rotatable bonds is 6. The average molecular weight is 482 g/mol. The van der Waals surface area contributed by atoms with E-state index in [0.29, 0.717) is 17.3 Å². The predicted molar refractivity (Wildman–Crippen MR) is 141 cm³/mol. The van der Waals surface area contributed by atoms with Crippen molar-refractivity contribution >= 4 is 40.0 Å². The molecular formula is C27H27N7O2. The fourth-order valence-corrected chi connectivity index (χ4v) is 4.13. The third-order valence-corrected chi connectivity index (χ3v) is 6.33. The summed E-state index contributed by atoms with van der Waals surface area (Å²) in [5.74, 6) is 0.0839. The SMILES string of the molecule is CNC(C)C(=O)Nc1cc(-c2cccc3nc(C)c(C)n23)cc(NC(=O)c2cc3ccccc3[nH]2)n1. The number of anilines is 2. The number of H-pyrrole nitrogens is 1. The molecule has 4 heterocycles. The van der Waals surface area contributed by atoms with Gasteiger partial charge in [0.15, 0.2) is 0 Å². The minimum absolute atomic E-state index is 0.233. The lowest BCUT2D eigenvalue weighted by molar-refractivity contribution is -0.117. The van der Waals surface area contributed by atoms with E-state index in [1.54, 1.807) is 32.2 Å². The van der Waals surface area contributed by atoms with Gasteiger partial charge in [0.05, 0.1) is 17.4 Å². The molecule has 9 nitrogen and oxygen atoms in total. The number of pyridine rings is 2. The molecule has 0 bridgehead atoms. The third-order valence-electron chi connectivity index (χ3n) is 6.33. The van der Waals surface area contributed by atoms with Crippen LogP contribution in [0.1, 0.15) is 28.8 Å². The Morgan fingerprint density at radius 2 is 1.69 bits per heavy atom. The van der Waals surface area contributed by atoms with Crippen molar-refractivity contribution in [1.29, 1.82) is 0 Å². The van der Waals surface area contributed by atoms with Crippen LogP contribution in [-0.2, 0) is 4.79 Å². The zero-order valence-electron chi connectivity index (χ0n) is 20.5. The summed E-state index contributed by atoms with van der Waals surface area (Å²) < 4.78 is 2.05. The monoisotopic (exact) mass is 481 g/mol. The number of hydrogen-bond acceptors (Lipinski definition) is 5. The van der Waals surface area contributed by atoms with E-state index >= 15 is 0 Å². The molecular weight excluding hydrogens is 454 g/mol. The van der Waals surface area contributed by atoms with Crippen molar-refractivity contribution in [3.05, 3.63) is 77.7 Å². The van der Waals surface area contributed by atoms with E-state index in [9.17, 15) is 9.59 Å². The molecule has 1 unspecified atom stereocenters. The van der Waals surface area contributed by atoms with Gasteiger partial charge >= 0.3 is 0 Å². The Kier molecular flexibility index (Phi) is 5.99. The van der Waals surface area contributed by atoms with Gasteiger partial charge in [-0.25, -0.2) is 9.97 Å². The van der Waals surface area contributed by atoms with Crippen molar-refractivity contribution in [1.82, 2.24) is 24.7 Å². The normalized spacial score (nSPS) is 12.1. The first-order valence-electron chi connectivity index (χ1n) is 11.7. The molecule has 4 aromatic heterocycles. The van der Waals surface area contributed by atoms with E-state index in [2.05, 4.69) is 35.3 Å². The summed E-state index contributed by atoms with van der Waals surface area (Å²) in [6.45, 7) is 5.74. The maximum Gasteiger partial charge on any atom is 0.273 e. The summed E-state index contributed by atoms with van der Waals surface area (Å²) in [5, 5.41) is 9.59. The molecule has 0 saturated carbocycles. The number of para-hydroxylation sites is 1. The highest BCUT2D eigenvalue weighted by atomic mass is 16.2. The molecule has 0 saturated heterocycles. The Morgan fingerprint density at radius 1 is 0.944 bits per heavy atom. The van der Waals surface area contributed by atoms with Crippen LogP contribution in [0.2, 0.25) is 0 Å². The predicted octanol–water partition coefficient (Wildman–Crippen LogP) is 4.29. The first kappa shape index (κ1) is 23.3. The lowest BCUT2D eigenvalue weighted by atomic mass is 10.1. The number of aromatic nitrogens is 4. The van der Waals surface area contributed by atoms with Crippen LogP contribution in [0.3, 0.4) is 0 Å². The molecule has 0 spiro atoms. The van der Waals surface area contributed by atoms with Gasteiger partial charge in [-0.2, -0.15) is 0 Å². The molecule has 0 aliphatic carbocycles. The molecule has 1 atom stereocenters. The fourth-order valence-electron chi connectivity index (χ4n) is 4.13. The maximum atomic E-state index is 13.1. The molecule has 0 radical (unpaired) electrons. The van der Waals surface area contributed by atoms with Gasteiger partial charge in [-0.15, -0.1) is 0 Å². The summed E-state index contributed by atoms with van der Waals surface area (Å²) in [6.07, 6.45) is 0. The molecule has 0 aliphatic heterocycles. The van der Waals surface area contributed by atoms with Crippen LogP contribution < -0.4 is 16.0 Å². The van der Waals surface area contributed by atoms with Gasteiger partial charge in [0, 0.05) is 22.2 Å². The lowest BCUT2D eigenvalue weighted by Crippen LogP contribution is -2.35. The largest absolute Gasteiger partial charge is 0.351 e. The van der Waals surface area contributed by atoms with Gasteiger partial charge in [0.25, 0.3) is 5.91 Å². The Hall–Kier alpha value is -4.50. The third kappa shape index (κ3) is 4.32. The standard InChI is InChI=1S/C27H27N7O2/c1-15-17(3)34-22(10-7-11-25(34)29-15)19-13-23(32-26(35)16(2)28-4)31-24(14-19)33-27(36)21-12-18-8-5-6-9-20(18)30-21/h5-14,16,28,30H,1-4H3,(H2,31,32,33,35,36). The minimum Gasteiger partial charge on any atom is -0.351 e. The molecule has 36 heavy (non-hydrogen) atoms. The number of benzene rings is 1. The van der Waals surface area contributed by atoms with E-state index in [0.717, 1.165) is 39.2 Å². The molecule has 2 amide bonds. The molecule has 182 valence electrons. The Bertz CT molecular complexity index is 1580. The number of nitrogens with one attached hydrogen (secondary N) is 4. The van der Waals surface area contributed by atoms with Crippen molar-refractivity contribution in [2.75, 3.05) is 17.7 Å². The number of fused-ring (bicyclic) bond motifs is 2. The Balaban J connectivity index is 1.57. The summed E-state index contributed by atoms with van der Waals surface area (Å²) in [5.41, 5.74) is 5.69. The number of likely N-dealkylation sites (N-methyl/N-ethyl adjacent to an activating group) is 1. The fraction of sp³-hybridized carbons (Fsp3) is 0.185. The number of imidazole rings is 1. The van der Waals surface area contributed by atoms with Crippen LogP contribution in [0.15, 0.2) is 60.7 Å². The Morgan fingerprint density at radius 3 is 2.44 bits per heavy atom. The summed E-state index contributed by atoms with van der Waals surface area (Å²) in [6, 6.07) is 18.5. The zero-order valence-corrected chi connectivity index (χ0v) is 20.5. The first-order valence-corrected chi connectivity index (χ1v) is 11.7. The van der Waals surface area contributed by atoms with Crippen molar-refractivity contribution < 1.29 is 9.59 Å². The number of aryl methyl sites for hydroxylation is 2. The van der Waals surface area contributed by atoms with Crippen LogP contribution in [0.4, 0.5) is 11.6 Å². The van der Waals surface area contributed by atoms with E-state index in [1.165, 1.54) is 0 Å². The van der Waals surface area contributed by atoms with Gasteiger partial charge < -0.3 is 20.9 Å². The van der Waals surface area contributed by atoms with Crippen molar-refractivity contribution in [3.8, 4) is 11.3 Å². The first-order chi connectivity index (χ1) is 17.3. The number of carbonyl (C=O) groups is 2. The number of carbonyl (C=O) groups excluding carboxylic acids is 2. The summed E-state index contributed by atoms with van der Waals surface area (Å²) >= 11 is 0. The van der Waals surface area contributed by atoms with Gasteiger partial charge in [0.1, 0.15) is 23.0 Å². The maximum absolute atomic E-state index is 13.1. The van der Waals surface area contributed by atoms with Gasteiger partial charge in [-0.3, -0.25) is 14.0 Å². The van der Waals surface area contributed by atoms with Gasteiger partial charge in [-0.05, 0) is 64.2 Å².